The summed E-state index contributed by atoms with van der Waals surface area (Å²) < 4.78 is 10.4. The van der Waals surface area contributed by atoms with Gasteiger partial charge in [-0.15, -0.1) is 0 Å². The first-order valence-electron chi connectivity index (χ1n) is 12.1. The van der Waals surface area contributed by atoms with E-state index in [0.29, 0.717) is 40.8 Å². The highest BCUT2D eigenvalue weighted by molar-refractivity contribution is 7.03. The zero-order valence-electron chi connectivity index (χ0n) is 20.8. The maximum Gasteiger partial charge on any atom is 0.326 e. The number of carbonyl (C=O) groups excluding carboxylic acids is 2. The molecule has 2 aliphatic heterocycles. The lowest BCUT2D eigenvalue weighted by atomic mass is 9.95. The zero-order chi connectivity index (χ0) is 26.8. The predicted octanol–water partition coefficient (Wildman–Crippen LogP) is 4.55. The van der Waals surface area contributed by atoms with E-state index in [-0.39, 0.29) is 24.6 Å². The van der Waals surface area contributed by atoms with Crippen LogP contribution in [-0.2, 0) is 4.79 Å². The second-order valence-corrected chi connectivity index (χ2v) is 10.4. The molecule has 2 aromatic carbocycles. The van der Waals surface area contributed by atoms with Gasteiger partial charge in [0.1, 0.15) is 24.2 Å². The number of nitriles is 1. The number of nitrogens with one attached hydrogen (secondary N) is 1. The minimum atomic E-state index is -0.529. The fourth-order valence-electron chi connectivity index (χ4n) is 4.64. The number of amidine groups is 1. The summed E-state index contributed by atoms with van der Waals surface area (Å²) in [5.41, 5.74) is 2.71. The normalized spacial score (nSPS) is 19.2. The Balaban J connectivity index is 1.69. The van der Waals surface area contributed by atoms with Gasteiger partial charge in [0.15, 0.2) is 0 Å². The molecule has 3 aromatic rings. The second kappa shape index (κ2) is 10.8. The van der Waals surface area contributed by atoms with E-state index in [2.05, 4.69) is 15.8 Å². The summed E-state index contributed by atoms with van der Waals surface area (Å²) >= 11 is 7.51. The lowest BCUT2D eigenvalue weighted by Crippen LogP contribution is -2.55. The number of ether oxygens (including phenoxy) is 1. The predicted molar refractivity (Wildman–Crippen MR) is 144 cm³/mol. The minimum absolute atomic E-state index is 0.0522. The summed E-state index contributed by atoms with van der Waals surface area (Å²) in [6, 6.07) is 13.2. The highest BCUT2D eigenvalue weighted by Gasteiger charge is 2.45. The molecular weight excluding hydrogens is 524 g/mol. The van der Waals surface area contributed by atoms with Crippen molar-refractivity contribution in [2.75, 3.05) is 19.6 Å². The molecule has 2 aliphatic rings. The van der Waals surface area contributed by atoms with Crippen LogP contribution in [0.5, 0.6) is 5.75 Å². The highest BCUT2D eigenvalue weighted by atomic mass is 35.5. The van der Waals surface area contributed by atoms with Crippen molar-refractivity contribution in [3.8, 4) is 11.8 Å². The van der Waals surface area contributed by atoms with Crippen molar-refractivity contribution in [3.05, 3.63) is 81.3 Å². The molecule has 194 valence electrons. The molecule has 38 heavy (non-hydrogen) atoms. The third-order valence-corrected chi connectivity index (χ3v) is 7.16. The van der Waals surface area contributed by atoms with Crippen molar-refractivity contribution < 1.29 is 14.3 Å². The van der Waals surface area contributed by atoms with Gasteiger partial charge in [-0.3, -0.25) is 14.7 Å². The molecule has 1 aromatic heterocycles. The molecule has 2 atom stereocenters. The number of rotatable bonds is 5. The van der Waals surface area contributed by atoms with Crippen molar-refractivity contribution >= 4 is 40.9 Å². The Morgan fingerprint density at radius 3 is 2.68 bits per heavy atom. The third-order valence-electron chi connectivity index (χ3n) is 6.30. The van der Waals surface area contributed by atoms with E-state index < -0.39 is 12.1 Å². The first-order chi connectivity index (χ1) is 18.4. The molecule has 0 bridgehead atoms. The SMILES string of the molecule is CC(C)Oc1cc(C#N)ccc1C1=N[C@@H](c2cnsc2)[C@@H](c2ccc(Cl)cc2)N1C(=O)N1CCNC(=O)C1. The number of aliphatic imine (C=N–C) groups is 1. The van der Waals surface area contributed by atoms with Crippen molar-refractivity contribution in [2.45, 2.75) is 32.0 Å². The molecule has 0 aliphatic carbocycles. The summed E-state index contributed by atoms with van der Waals surface area (Å²) in [5.74, 6) is 0.634. The molecule has 1 fully saturated rings. The number of aromatic nitrogens is 1. The zero-order valence-corrected chi connectivity index (χ0v) is 22.4. The molecule has 1 N–H and O–H groups in total. The van der Waals surface area contributed by atoms with E-state index in [1.807, 2.05) is 31.4 Å². The van der Waals surface area contributed by atoms with E-state index in [9.17, 15) is 14.9 Å². The number of hydrogen-bond donors (Lipinski definition) is 1. The van der Waals surface area contributed by atoms with Crippen LogP contribution in [0.1, 0.15) is 48.2 Å². The van der Waals surface area contributed by atoms with E-state index in [4.69, 9.17) is 21.3 Å². The number of halogens is 1. The smallest absolute Gasteiger partial charge is 0.326 e. The first kappa shape index (κ1) is 25.7. The number of nitrogens with zero attached hydrogens (tertiary/aromatic N) is 5. The summed E-state index contributed by atoms with van der Waals surface area (Å²) in [5, 5.41) is 14.8. The Morgan fingerprint density at radius 2 is 2.03 bits per heavy atom. The molecule has 1 saturated heterocycles. The van der Waals surface area contributed by atoms with E-state index in [0.717, 1.165) is 11.1 Å². The molecule has 0 spiro atoms. The molecule has 0 radical (unpaired) electrons. The van der Waals surface area contributed by atoms with Crippen LogP contribution in [0.25, 0.3) is 0 Å². The second-order valence-electron chi connectivity index (χ2n) is 9.27. The summed E-state index contributed by atoms with van der Waals surface area (Å²) in [4.78, 5) is 34.7. The van der Waals surface area contributed by atoms with Gasteiger partial charge in [0.2, 0.25) is 5.91 Å². The number of carbonyl (C=O) groups is 2. The maximum absolute atomic E-state index is 14.2. The van der Waals surface area contributed by atoms with Crippen LogP contribution < -0.4 is 10.1 Å². The number of benzene rings is 2. The molecule has 9 nitrogen and oxygen atoms in total. The van der Waals surface area contributed by atoms with Crippen molar-refractivity contribution in [2.24, 2.45) is 4.99 Å². The minimum Gasteiger partial charge on any atom is -0.490 e. The molecule has 3 amide bonds. The lowest BCUT2D eigenvalue weighted by Gasteiger charge is -2.35. The fourth-order valence-corrected chi connectivity index (χ4v) is 5.33. The topological polar surface area (TPSA) is 111 Å². The molecule has 0 saturated carbocycles. The Labute approximate surface area is 229 Å². The number of urea groups is 1. The Bertz CT molecular complexity index is 1420. The first-order valence-corrected chi connectivity index (χ1v) is 13.4. The Morgan fingerprint density at radius 1 is 1.24 bits per heavy atom. The largest absolute Gasteiger partial charge is 0.490 e. The van der Waals surface area contributed by atoms with Gasteiger partial charge in [-0.2, -0.15) is 5.26 Å². The monoisotopic (exact) mass is 548 g/mol. The summed E-state index contributed by atoms with van der Waals surface area (Å²) in [6.07, 6.45) is 1.58. The molecule has 5 rings (SSSR count). The number of amides is 3. The average Bonchev–Trinajstić information content (AvgIpc) is 3.57. The Kier molecular flexibility index (Phi) is 7.31. The van der Waals surface area contributed by atoms with E-state index >= 15 is 0 Å². The van der Waals surface area contributed by atoms with Gasteiger partial charge >= 0.3 is 6.03 Å². The van der Waals surface area contributed by atoms with Crippen LogP contribution in [0.3, 0.4) is 0 Å². The quantitative estimate of drug-likeness (QED) is 0.503. The number of hydrogen-bond acceptors (Lipinski definition) is 7. The maximum atomic E-state index is 14.2. The van der Waals surface area contributed by atoms with E-state index in [1.165, 1.54) is 16.4 Å². The van der Waals surface area contributed by atoms with Gasteiger partial charge in [-0.1, -0.05) is 23.7 Å². The molecule has 11 heteroatoms. The van der Waals surface area contributed by atoms with Crippen LogP contribution in [0.15, 0.2) is 59.0 Å². The van der Waals surface area contributed by atoms with Gasteiger partial charge in [-0.25, -0.2) is 9.17 Å². The van der Waals surface area contributed by atoms with E-state index in [1.54, 1.807) is 41.4 Å². The van der Waals surface area contributed by atoms with Crippen LogP contribution in [-0.4, -0.2) is 57.7 Å². The van der Waals surface area contributed by atoms with Crippen LogP contribution in [0, 0.1) is 11.3 Å². The summed E-state index contributed by atoms with van der Waals surface area (Å²) in [6.45, 7) is 4.47. The van der Waals surface area contributed by atoms with Crippen LogP contribution >= 0.6 is 23.1 Å². The van der Waals surface area contributed by atoms with Crippen molar-refractivity contribution in [1.82, 2.24) is 19.5 Å². The van der Waals surface area contributed by atoms with Crippen LogP contribution in [0.2, 0.25) is 5.02 Å². The van der Waals surface area contributed by atoms with Crippen LogP contribution in [0.4, 0.5) is 4.79 Å². The van der Waals surface area contributed by atoms with Gasteiger partial charge < -0.3 is 15.0 Å². The number of piperazine rings is 1. The van der Waals surface area contributed by atoms with Crippen molar-refractivity contribution in [3.63, 3.8) is 0 Å². The molecule has 0 unspecified atom stereocenters. The van der Waals surface area contributed by atoms with Gasteiger partial charge in [0.05, 0.1) is 29.3 Å². The van der Waals surface area contributed by atoms with Crippen molar-refractivity contribution in [1.29, 1.82) is 5.26 Å². The highest BCUT2D eigenvalue weighted by Crippen LogP contribution is 2.45. The third kappa shape index (κ3) is 5.08. The average molecular weight is 549 g/mol. The standard InChI is InChI=1S/C27H25ClN6O3S/c1-16(2)37-22-11-17(12-29)3-8-21(22)26-32-24(19-13-31-38-15-19)25(18-4-6-20(28)7-5-18)34(26)27(36)33-10-9-30-23(35)14-33/h3-8,11,13,15-16,24-25H,9-10,14H2,1-2H3,(H,30,35)/t24-,25+/m0/s1. The fraction of sp³-hybridized carbons (Fsp3) is 0.296. The van der Waals surface area contributed by atoms with Gasteiger partial charge in [-0.05, 0) is 61.3 Å². The molecular formula is C27H25ClN6O3S. The van der Waals surface area contributed by atoms with Gasteiger partial charge in [0, 0.05) is 35.3 Å². The van der Waals surface area contributed by atoms with Gasteiger partial charge in [0.25, 0.3) is 0 Å². The molecule has 3 heterocycles. The summed E-state index contributed by atoms with van der Waals surface area (Å²) in [7, 11) is 0. The lowest BCUT2D eigenvalue weighted by molar-refractivity contribution is -0.123. The Hall–Kier alpha value is -3.94.